The Morgan fingerprint density at radius 2 is 1.93 bits per heavy atom. The molecule has 1 atom stereocenters. The molecule has 2 aromatic carbocycles. The van der Waals surface area contributed by atoms with Crippen LogP contribution in [0.3, 0.4) is 0 Å². The molecule has 2 amide bonds. The second-order valence-corrected chi connectivity index (χ2v) is 8.02. The maximum atomic E-state index is 12.8. The van der Waals surface area contributed by atoms with E-state index in [1.165, 1.54) is 12.1 Å². The highest BCUT2D eigenvalue weighted by molar-refractivity contribution is 8.15. The van der Waals surface area contributed by atoms with Crippen molar-refractivity contribution in [2.45, 2.75) is 11.7 Å². The molecule has 0 radical (unpaired) electrons. The van der Waals surface area contributed by atoms with Gasteiger partial charge in [-0.1, -0.05) is 58.7 Å². The van der Waals surface area contributed by atoms with E-state index in [4.69, 9.17) is 40.1 Å². The van der Waals surface area contributed by atoms with Gasteiger partial charge in [-0.15, -0.1) is 0 Å². The highest BCUT2D eigenvalue weighted by atomic mass is 35.5. The average Bonchev–Trinajstić information content (AvgIpc) is 2.93. The zero-order valence-electron chi connectivity index (χ0n) is 14.0. The van der Waals surface area contributed by atoms with E-state index in [0.29, 0.717) is 15.7 Å². The lowest BCUT2D eigenvalue weighted by molar-refractivity contribution is -0.121. The second-order valence-electron chi connectivity index (χ2n) is 5.58. The lowest BCUT2D eigenvalue weighted by atomic mass is 10.3. The number of halogens is 3. The van der Waals surface area contributed by atoms with Gasteiger partial charge in [0.1, 0.15) is 5.25 Å². The molecule has 10 heteroatoms. The number of rotatable bonds is 3. The average molecular weight is 454 g/mol. The summed E-state index contributed by atoms with van der Waals surface area (Å²) < 4.78 is 0. The second kappa shape index (κ2) is 8.84. The molecule has 0 aromatic heterocycles. The largest absolute Gasteiger partial charge is 0.274 e. The molecule has 1 saturated heterocycles. The molecule has 1 aliphatic rings. The normalized spacial score (nSPS) is 17.0. The lowest BCUT2D eigenvalue weighted by Crippen LogP contribution is -2.32. The highest BCUT2D eigenvalue weighted by Crippen LogP contribution is 2.36. The third kappa shape index (κ3) is 4.42. The first-order valence-corrected chi connectivity index (χ1v) is 9.89. The number of para-hydroxylation sites is 1. The first-order valence-electron chi connectivity index (χ1n) is 7.87. The van der Waals surface area contributed by atoms with Crippen LogP contribution in [-0.4, -0.2) is 22.2 Å². The summed E-state index contributed by atoms with van der Waals surface area (Å²) >= 11 is 19.2. The number of amidine groups is 1. The van der Waals surface area contributed by atoms with Crippen LogP contribution in [-0.2, 0) is 9.59 Å². The van der Waals surface area contributed by atoms with Crippen molar-refractivity contribution in [1.29, 1.82) is 5.26 Å². The van der Waals surface area contributed by atoms with Crippen LogP contribution in [0.2, 0.25) is 15.1 Å². The fraction of sp³-hybridized carbons (Fsp3) is 0.111. The molecule has 2 aromatic rings. The number of nitriles is 1. The molecule has 0 unspecified atom stereocenters. The van der Waals surface area contributed by atoms with E-state index in [9.17, 15) is 9.59 Å². The van der Waals surface area contributed by atoms with Gasteiger partial charge in [0, 0.05) is 11.4 Å². The number of anilines is 1. The summed E-state index contributed by atoms with van der Waals surface area (Å²) in [5.41, 5.74) is 0.658. The van der Waals surface area contributed by atoms with Crippen molar-refractivity contribution in [1.82, 2.24) is 5.32 Å². The zero-order chi connectivity index (χ0) is 20.3. The SMILES string of the molecule is N#CNC(=Nc1ccccc1Cl)S[C@@H]1CC(=O)N(c2cc(Cl)ccc2Cl)C1=O. The standard InChI is InChI=1S/C18H11Cl3N4O2S/c19-10-5-6-12(21)14(7-10)25-16(26)8-15(17(25)27)28-18(23-9-22)24-13-4-2-1-3-11(13)20/h1-7,15H,8H2,(H,23,24)/t15-/m1/s1. The minimum Gasteiger partial charge on any atom is -0.274 e. The predicted octanol–water partition coefficient (Wildman–Crippen LogP) is 4.77. The van der Waals surface area contributed by atoms with Crippen molar-refractivity contribution in [3.05, 3.63) is 57.5 Å². The number of imide groups is 1. The van der Waals surface area contributed by atoms with Gasteiger partial charge in [0.25, 0.3) is 0 Å². The first kappa shape index (κ1) is 20.5. The highest BCUT2D eigenvalue weighted by Gasteiger charge is 2.41. The Labute approximate surface area is 180 Å². The summed E-state index contributed by atoms with van der Waals surface area (Å²) in [6.07, 6.45) is 1.71. The summed E-state index contributed by atoms with van der Waals surface area (Å²) in [5.74, 6) is -0.883. The van der Waals surface area contributed by atoms with Crippen molar-refractivity contribution in [2.24, 2.45) is 4.99 Å². The minimum absolute atomic E-state index is 0.0685. The smallest absolute Gasteiger partial charge is 0.247 e. The molecule has 0 spiro atoms. The zero-order valence-corrected chi connectivity index (χ0v) is 17.1. The maximum Gasteiger partial charge on any atom is 0.247 e. The molecule has 1 heterocycles. The quantitative estimate of drug-likeness (QED) is 0.238. The molecule has 0 bridgehead atoms. The Hall–Kier alpha value is -2.24. The van der Waals surface area contributed by atoms with E-state index in [0.717, 1.165) is 16.7 Å². The van der Waals surface area contributed by atoms with Crippen molar-refractivity contribution < 1.29 is 9.59 Å². The number of carbonyl (C=O) groups is 2. The van der Waals surface area contributed by atoms with Crippen molar-refractivity contribution in [3.8, 4) is 6.19 Å². The maximum absolute atomic E-state index is 12.8. The van der Waals surface area contributed by atoms with E-state index in [2.05, 4.69) is 10.3 Å². The number of thioether (sulfide) groups is 1. The number of nitrogens with one attached hydrogen (secondary N) is 1. The van der Waals surface area contributed by atoms with Crippen LogP contribution in [0.5, 0.6) is 0 Å². The van der Waals surface area contributed by atoms with Crippen molar-refractivity contribution in [2.75, 3.05) is 4.90 Å². The Bertz CT molecular complexity index is 1020. The Morgan fingerprint density at radius 3 is 2.64 bits per heavy atom. The van der Waals surface area contributed by atoms with Gasteiger partial charge >= 0.3 is 0 Å². The summed E-state index contributed by atoms with van der Waals surface area (Å²) in [4.78, 5) is 30.6. The number of benzene rings is 2. The van der Waals surface area contributed by atoms with E-state index in [-0.39, 0.29) is 22.3 Å². The van der Waals surface area contributed by atoms with Crippen molar-refractivity contribution in [3.63, 3.8) is 0 Å². The minimum atomic E-state index is -0.773. The Balaban J connectivity index is 1.87. The molecule has 1 fully saturated rings. The Morgan fingerprint density at radius 1 is 1.18 bits per heavy atom. The topological polar surface area (TPSA) is 85.6 Å². The molecule has 142 valence electrons. The van der Waals surface area contributed by atoms with Crippen LogP contribution in [0.15, 0.2) is 47.5 Å². The van der Waals surface area contributed by atoms with Gasteiger partial charge in [-0.25, -0.2) is 9.89 Å². The summed E-state index contributed by atoms with van der Waals surface area (Å²) in [6.45, 7) is 0. The first-order chi connectivity index (χ1) is 13.4. The number of hydrogen-bond donors (Lipinski definition) is 1. The van der Waals surface area contributed by atoms with Crippen LogP contribution in [0, 0.1) is 11.5 Å². The van der Waals surface area contributed by atoms with E-state index >= 15 is 0 Å². The van der Waals surface area contributed by atoms with E-state index < -0.39 is 17.1 Å². The number of nitrogens with zero attached hydrogens (tertiary/aromatic N) is 3. The van der Waals surface area contributed by atoms with Crippen LogP contribution in [0.25, 0.3) is 0 Å². The molecular weight excluding hydrogens is 443 g/mol. The van der Waals surface area contributed by atoms with Gasteiger partial charge in [0.15, 0.2) is 11.4 Å². The lowest BCUT2D eigenvalue weighted by Gasteiger charge is -2.16. The van der Waals surface area contributed by atoms with Gasteiger partial charge < -0.3 is 0 Å². The van der Waals surface area contributed by atoms with Crippen LogP contribution < -0.4 is 10.2 Å². The molecule has 1 N–H and O–H groups in total. The molecule has 0 saturated carbocycles. The summed E-state index contributed by atoms with van der Waals surface area (Å²) in [6, 6.07) is 11.4. The van der Waals surface area contributed by atoms with E-state index in [1.807, 2.05) is 0 Å². The number of hydrogen-bond acceptors (Lipinski definition) is 5. The van der Waals surface area contributed by atoms with Crippen LogP contribution in [0.1, 0.15) is 6.42 Å². The number of carbonyl (C=O) groups excluding carboxylic acids is 2. The van der Waals surface area contributed by atoms with Gasteiger partial charge in [0.05, 0.1) is 21.4 Å². The predicted molar refractivity (Wildman–Crippen MR) is 112 cm³/mol. The van der Waals surface area contributed by atoms with Crippen LogP contribution in [0.4, 0.5) is 11.4 Å². The molecular formula is C18H11Cl3N4O2S. The molecule has 1 aliphatic heterocycles. The van der Waals surface area contributed by atoms with Crippen molar-refractivity contribution >= 4 is 74.9 Å². The van der Waals surface area contributed by atoms with Crippen LogP contribution >= 0.6 is 46.6 Å². The van der Waals surface area contributed by atoms with Gasteiger partial charge in [-0.2, -0.15) is 5.26 Å². The van der Waals surface area contributed by atoms with Gasteiger partial charge in [-0.05, 0) is 30.3 Å². The van der Waals surface area contributed by atoms with E-state index in [1.54, 1.807) is 36.5 Å². The van der Waals surface area contributed by atoms with Gasteiger partial charge in [-0.3, -0.25) is 14.9 Å². The fourth-order valence-electron chi connectivity index (χ4n) is 2.52. The third-order valence-corrected chi connectivity index (χ3v) is 5.69. The monoisotopic (exact) mass is 452 g/mol. The van der Waals surface area contributed by atoms with Gasteiger partial charge in [0.2, 0.25) is 11.8 Å². The number of aliphatic imine (C=N–C) groups is 1. The molecule has 6 nitrogen and oxygen atoms in total. The number of amides is 2. The molecule has 28 heavy (non-hydrogen) atoms. The third-order valence-electron chi connectivity index (χ3n) is 3.75. The molecule has 3 rings (SSSR count). The Kier molecular flexibility index (Phi) is 6.47. The molecule has 0 aliphatic carbocycles. The summed E-state index contributed by atoms with van der Waals surface area (Å²) in [7, 11) is 0. The fourth-order valence-corrected chi connectivity index (χ4v) is 4.03. The summed E-state index contributed by atoms with van der Waals surface area (Å²) in [5, 5.41) is 11.8.